The van der Waals surface area contributed by atoms with Crippen LogP contribution in [0.5, 0.6) is 0 Å². The first-order valence-electron chi connectivity index (χ1n) is 7.48. The van der Waals surface area contributed by atoms with Gasteiger partial charge < -0.3 is 4.52 Å². The molecule has 5 nitrogen and oxygen atoms in total. The van der Waals surface area contributed by atoms with Crippen LogP contribution in [0.25, 0.3) is 0 Å². The lowest BCUT2D eigenvalue weighted by atomic mass is 10.2. The van der Waals surface area contributed by atoms with Gasteiger partial charge in [0.25, 0.3) is 0 Å². The van der Waals surface area contributed by atoms with Crippen LogP contribution in [0.3, 0.4) is 0 Å². The van der Waals surface area contributed by atoms with Crippen molar-refractivity contribution in [2.75, 3.05) is 26.2 Å². The van der Waals surface area contributed by atoms with Crippen LogP contribution in [0.2, 0.25) is 0 Å². The first kappa shape index (κ1) is 14.2. The summed E-state index contributed by atoms with van der Waals surface area (Å²) in [6.07, 6.45) is 1.88. The Morgan fingerprint density at radius 1 is 1.10 bits per heavy atom. The summed E-state index contributed by atoms with van der Waals surface area (Å²) in [4.78, 5) is 9.39. The van der Waals surface area contributed by atoms with Crippen molar-refractivity contribution in [2.45, 2.75) is 26.9 Å². The van der Waals surface area contributed by atoms with Crippen LogP contribution < -0.4 is 0 Å². The minimum Gasteiger partial charge on any atom is -0.361 e. The molecular weight excluding hydrogens is 264 g/mol. The molecule has 1 fully saturated rings. The largest absolute Gasteiger partial charge is 0.361 e. The summed E-state index contributed by atoms with van der Waals surface area (Å²) in [5, 5.41) is 4.07. The van der Waals surface area contributed by atoms with Crippen molar-refractivity contribution in [1.82, 2.24) is 19.9 Å². The van der Waals surface area contributed by atoms with Crippen LogP contribution in [-0.2, 0) is 13.1 Å². The Morgan fingerprint density at radius 3 is 2.43 bits per heavy atom. The summed E-state index contributed by atoms with van der Waals surface area (Å²) >= 11 is 0. The standard InChI is InChI=1S/C16H22N4O/c1-13-4-3-5-17-16(13)12-20-8-6-19(7-9-20)11-15-10-14(2)21-18-15/h3-5,10H,6-9,11-12H2,1-2H3. The highest BCUT2D eigenvalue weighted by Crippen LogP contribution is 2.12. The van der Waals surface area contributed by atoms with Crippen LogP contribution in [0.1, 0.15) is 22.7 Å². The monoisotopic (exact) mass is 286 g/mol. The maximum absolute atomic E-state index is 5.12. The second kappa shape index (κ2) is 6.37. The molecule has 21 heavy (non-hydrogen) atoms. The van der Waals surface area contributed by atoms with E-state index in [0.717, 1.165) is 50.7 Å². The first-order valence-corrected chi connectivity index (χ1v) is 7.48. The van der Waals surface area contributed by atoms with Gasteiger partial charge in [-0.3, -0.25) is 14.8 Å². The van der Waals surface area contributed by atoms with Gasteiger partial charge in [-0.1, -0.05) is 11.2 Å². The van der Waals surface area contributed by atoms with Gasteiger partial charge in [-0.25, -0.2) is 0 Å². The molecule has 0 bridgehead atoms. The number of hydrogen-bond donors (Lipinski definition) is 0. The summed E-state index contributed by atoms with van der Waals surface area (Å²) in [6.45, 7) is 10.2. The Bertz CT molecular complexity index is 587. The van der Waals surface area contributed by atoms with E-state index in [4.69, 9.17) is 4.52 Å². The van der Waals surface area contributed by atoms with E-state index in [1.165, 1.54) is 11.3 Å². The molecular formula is C16H22N4O. The summed E-state index contributed by atoms with van der Waals surface area (Å²) in [5.74, 6) is 0.884. The van der Waals surface area contributed by atoms with Crippen molar-refractivity contribution in [1.29, 1.82) is 0 Å². The Labute approximate surface area is 125 Å². The lowest BCUT2D eigenvalue weighted by Gasteiger charge is -2.34. The zero-order chi connectivity index (χ0) is 14.7. The molecule has 0 aliphatic carbocycles. The summed E-state index contributed by atoms with van der Waals surface area (Å²) in [7, 11) is 0. The maximum atomic E-state index is 5.12. The van der Waals surface area contributed by atoms with Crippen molar-refractivity contribution < 1.29 is 4.52 Å². The quantitative estimate of drug-likeness (QED) is 0.860. The van der Waals surface area contributed by atoms with Gasteiger partial charge in [0.2, 0.25) is 0 Å². The number of rotatable bonds is 4. The molecule has 1 aliphatic rings. The third-order valence-electron chi connectivity index (χ3n) is 4.02. The summed E-state index contributed by atoms with van der Waals surface area (Å²) in [5.41, 5.74) is 3.50. The molecule has 0 atom stereocenters. The van der Waals surface area contributed by atoms with Crippen LogP contribution in [0.4, 0.5) is 0 Å². The van der Waals surface area contributed by atoms with E-state index in [1.54, 1.807) is 0 Å². The Morgan fingerprint density at radius 2 is 1.81 bits per heavy atom. The third-order valence-corrected chi connectivity index (χ3v) is 4.02. The molecule has 0 radical (unpaired) electrons. The second-order valence-corrected chi connectivity index (χ2v) is 5.75. The van der Waals surface area contributed by atoms with Crippen molar-refractivity contribution >= 4 is 0 Å². The molecule has 3 rings (SSSR count). The fourth-order valence-electron chi connectivity index (χ4n) is 2.72. The van der Waals surface area contributed by atoms with Gasteiger partial charge in [0.1, 0.15) is 5.76 Å². The summed E-state index contributed by atoms with van der Waals surface area (Å²) in [6, 6.07) is 6.14. The Hall–Kier alpha value is -1.72. The zero-order valence-electron chi connectivity index (χ0n) is 12.7. The molecule has 3 heterocycles. The predicted octanol–water partition coefficient (Wildman–Crippen LogP) is 2.00. The van der Waals surface area contributed by atoms with Crippen LogP contribution >= 0.6 is 0 Å². The number of piperazine rings is 1. The smallest absolute Gasteiger partial charge is 0.133 e. The molecule has 2 aromatic heterocycles. The molecule has 1 saturated heterocycles. The number of aromatic nitrogens is 2. The van der Waals surface area contributed by atoms with E-state index in [9.17, 15) is 0 Å². The Kier molecular flexibility index (Phi) is 4.31. The van der Waals surface area contributed by atoms with Gasteiger partial charge >= 0.3 is 0 Å². The number of hydrogen-bond acceptors (Lipinski definition) is 5. The molecule has 0 N–H and O–H groups in total. The SMILES string of the molecule is Cc1cc(CN2CCN(Cc3ncccc3C)CC2)no1. The van der Waals surface area contributed by atoms with E-state index in [2.05, 4.69) is 32.9 Å². The van der Waals surface area contributed by atoms with Crippen molar-refractivity contribution in [2.24, 2.45) is 0 Å². The maximum Gasteiger partial charge on any atom is 0.133 e. The molecule has 1 aliphatic heterocycles. The molecule has 0 spiro atoms. The van der Waals surface area contributed by atoms with E-state index in [-0.39, 0.29) is 0 Å². The normalized spacial score (nSPS) is 17.2. The fourth-order valence-corrected chi connectivity index (χ4v) is 2.72. The zero-order valence-corrected chi connectivity index (χ0v) is 12.7. The topological polar surface area (TPSA) is 45.4 Å². The third kappa shape index (κ3) is 3.68. The number of pyridine rings is 1. The first-order chi connectivity index (χ1) is 10.2. The van der Waals surface area contributed by atoms with Gasteiger partial charge in [0, 0.05) is 51.5 Å². The molecule has 112 valence electrons. The van der Waals surface area contributed by atoms with E-state index in [0.29, 0.717) is 0 Å². The van der Waals surface area contributed by atoms with Gasteiger partial charge in [0.15, 0.2) is 0 Å². The van der Waals surface area contributed by atoms with Crippen molar-refractivity contribution in [3.05, 3.63) is 47.1 Å². The minimum absolute atomic E-state index is 0.883. The lowest BCUT2D eigenvalue weighted by molar-refractivity contribution is 0.119. The minimum atomic E-state index is 0.883. The van der Waals surface area contributed by atoms with Crippen molar-refractivity contribution in [3.63, 3.8) is 0 Å². The molecule has 5 heteroatoms. The second-order valence-electron chi connectivity index (χ2n) is 5.75. The highest BCUT2D eigenvalue weighted by Gasteiger charge is 2.18. The molecule has 2 aromatic rings. The highest BCUT2D eigenvalue weighted by molar-refractivity contribution is 5.17. The Balaban J connectivity index is 1.50. The molecule has 0 aromatic carbocycles. The van der Waals surface area contributed by atoms with Gasteiger partial charge in [-0.05, 0) is 25.5 Å². The average Bonchev–Trinajstić information content (AvgIpc) is 2.89. The number of nitrogens with zero attached hydrogens (tertiary/aromatic N) is 4. The molecule has 0 unspecified atom stereocenters. The molecule has 0 saturated carbocycles. The average molecular weight is 286 g/mol. The van der Waals surface area contributed by atoms with Gasteiger partial charge in [0.05, 0.1) is 11.4 Å². The van der Waals surface area contributed by atoms with E-state index < -0.39 is 0 Å². The van der Waals surface area contributed by atoms with Crippen LogP contribution in [0, 0.1) is 13.8 Å². The van der Waals surface area contributed by atoms with Gasteiger partial charge in [-0.2, -0.15) is 0 Å². The molecule has 0 amide bonds. The highest BCUT2D eigenvalue weighted by atomic mass is 16.5. The van der Waals surface area contributed by atoms with E-state index >= 15 is 0 Å². The predicted molar refractivity (Wildman–Crippen MR) is 80.8 cm³/mol. The lowest BCUT2D eigenvalue weighted by Crippen LogP contribution is -2.45. The summed E-state index contributed by atoms with van der Waals surface area (Å²) < 4.78 is 5.12. The van der Waals surface area contributed by atoms with Crippen LogP contribution in [-0.4, -0.2) is 46.1 Å². The van der Waals surface area contributed by atoms with Crippen LogP contribution in [0.15, 0.2) is 28.9 Å². The van der Waals surface area contributed by atoms with Crippen molar-refractivity contribution in [3.8, 4) is 0 Å². The number of aryl methyl sites for hydroxylation is 2. The fraction of sp³-hybridized carbons (Fsp3) is 0.500. The van der Waals surface area contributed by atoms with Gasteiger partial charge in [-0.15, -0.1) is 0 Å². The van der Waals surface area contributed by atoms with E-state index in [1.807, 2.05) is 25.3 Å².